The molecule has 7 nitrogen and oxygen atoms in total. The van der Waals surface area contributed by atoms with Crippen LogP contribution in [0.5, 0.6) is 0 Å². The Kier molecular flexibility index (Phi) is 5.34. The molecule has 0 spiro atoms. The fraction of sp³-hybridized carbons (Fsp3) is 0.107. The molecule has 5 aromatic rings. The minimum atomic E-state index is 0.521. The van der Waals surface area contributed by atoms with E-state index >= 15 is 0 Å². The number of amidine groups is 2. The first kappa shape index (κ1) is 22.1. The van der Waals surface area contributed by atoms with E-state index in [0.29, 0.717) is 28.1 Å². The van der Waals surface area contributed by atoms with Gasteiger partial charge in [-0.1, -0.05) is 77.8 Å². The third-order valence-corrected chi connectivity index (χ3v) is 6.29. The second-order valence-electron chi connectivity index (χ2n) is 8.69. The Labute approximate surface area is 213 Å². The fourth-order valence-electron chi connectivity index (χ4n) is 4.31. The van der Waals surface area contributed by atoms with E-state index in [1.807, 2.05) is 89.9 Å². The maximum Gasteiger partial charge on any atom is 0.183 e. The van der Waals surface area contributed by atoms with Crippen LogP contribution in [0.15, 0.2) is 93.8 Å². The van der Waals surface area contributed by atoms with Crippen molar-refractivity contribution in [3.8, 4) is 11.4 Å². The quantitative estimate of drug-likeness (QED) is 0.310. The highest BCUT2D eigenvalue weighted by atomic mass is 35.5. The molecule has 3 heterocycles. The number of aryl methyl sites for hydroxylation is 3. The van der Waals surface area contributed by atoms with Crippen molar-refractivity contribution in [3.05, 3.63) is 106 Å². The van der Waals surface area contributed by atoms with E-state index < -0.39 is 0 Å². The standard InChI is InChI=1S/C28H22ClN7/c1-17-8-7-11-21(16-17)27-34-35(3)28-23(18(2)33-36(27)28)30-26-24(19-12-14-22(29)15-13-19)31-25(32-26)20-9-5-4-6-10-20/h4-16H,1-3H3. The van der Waals surface area contributed by atoms with Crippen molar-refractivity contribution < 1.29 is 0 Å². The average Bonchev–Trinajstić information content (AvgIpc) is 3.54. The van der Waals surface area contributed by atoms with Gasteiger partial charge < -0.3 is 0 Å². The molecule has 0 radical (unpaired) electrons. The van der Waals surface area contributed by atoms with Crippen LogP contribution in [0.25, 0.3) is 17.0 Å². The molecule has 0 bridgehead atoms. The number of halogens is 1. The normalized spacial score (nSPS) is 14.5. The highest BCUT2D eigenvalue weighted by Crippen LogP contribution is 2.30. The molecule has 2 aromatic heterocycles. The monoisotopic (exact) mass is 491 g/mol. The van der Waals surface area contributed by atoms with E-state index in [0.717, 1.165) is 39.4 Å². The number of hydrogen-bond acceptors (Lipinski definition) is 4. The van der Waals surface area contributed by atoms with Crippen molar-refractivity contribution in [1.82, 2.24) is 19.4 Å². The summed E-state index contributed by atoms with van der Waals surface area (Å²) in [4.78, 5) is 14.7. The van der Waals surface area contributed by atoms with Crippen LogP contribution >= 0.6 is 11.6 Å². The molecular formula is C28H22ClN7. The Morgan fingerprint density at radius 3 is 2.28 bits per heavy atom. The van der Waals surface area contributed by atoms with E-state index in [1.54, 1.807) is 0 Å². The lowest BCUT2D eigenvalue weighted by Gasteiger charge is -2.02. The molecule has 0 N–H and O–H groups in total. The number of nitrogens with zero attached hydrogens (tertiary/aromatic N) is 7. The van der Waals surface area contributed by atoms with Gasteiger partial charge in [-0.15, -0.1) is 0 Å². The number of hydrogen-bond donors (Lipinski definition) is 0. The predicted molar refractivity (Wildman–Crippen MR) is 145 cm³/mol. The van der Waals surface area contributed by atoms with E-state index in [4.69, 9.17) is 36.8 Å². The van der Waals surface area contributed by atoms with E-state index in [9.17, 15) is 0 Å². The minimum absolute atomic E-state index is 0.521. The minimum Gasteiger partial charge on any atom is -0.247 e. The van der Waals surface area contributed by atoms with Gasteiger partial charge in [-0.25, -0.2) is 19.7 Å². The van der Waals surface area contributed by atoms with Gasteiger partial charge >= 0.3 is 0 Å². The van der Waals surface area contributed by atoms with Crippen molar-refractivity contribution in [2.45, 2.75) is 13.8 Å². The number of benzene rings is 3. The zero-order chi connectivity index (χ0) is 24.8. The van der Waals surface area contributed by atoms with Crippen LogP contribution in [0, 0.1) is 13.8 Å². The maximum atomic E-state index is 6.14. The molecule has 0 unspecified atom stereocenters. The Morgan fingerprint density at radius 1 is 0.778 bits per heavy atom. The molecule has 1 aliphatic heterocycles. The van der Waals surface area contributed by atoms with E-state index in [2.05, 4.69) is 19.1 Å². The summed E-state index contributed by atoms with van der Waals surface area (Å²) in [5, 5.41) is 10.2. The number of aromatic nitrogens is 4. The smallest absolute Gasteiger partial charge is 0.183 e. The molecule has 0 saturated carbocycles. The average molecular weight is 492 g/mol. The molecule has 6 rings (SSSR count). The number of aliphatic imine (C=N–C) groups is 3. The van der Waals surface area contributed by atoms with Crippen molar-refractivity contribution >= 4 is 40.3 Å². The molecule has 0 atom stereocenters. The molecule has 3 aromatic carbocycles. The van der Waals surface area contributed by atoms with Gasteiger partial charge in [-0.05, 0) is 32.0 Å². The Morgan fingerprint density at radius 2 is 1.53 bits per heavy atom. The first-order valence-corrected chi connectivity index (χ1v) is 11.9. The summed E-state index contributed by atoms with van der Waals surface area (Å²) in [6.07, 6.45) is 0. The second kappa shape index (κ2) is 8.70. The van der Waals surface area contributed by atoms with Crippen LogP contribution in [0.4, 0.5) is 5.69 Å². The molecule has 36 heavy (non-hydrogen) atoms. The van der Waals surface area contributed by atoms with E-state index in [1.165, 1.54) is 0 Å². The predicted octanol–water partition coefficient (Wildman–Crippen LogP) is 5.98. The lowest BCUT2D eigenvalue weighted by molar-refractivity contribution is 0.800. The highest BCUT2D eigenvalue weighted by Gasteiger charge is 2.24. The van der Waals surface area contributed by atoms with Gasteiger partial charge in [-0.3, -0.25) is 0 Å². The topological polar surface area (TPSA) is 72.2 Å². The van der Waals surface area contributed by atoms with Crippen molar-refractivity contribution in [3.63, 3.8) is 0 Å². The third kappa shape index (κ3) is 3.83. The Balaban J connectivity index is 1.52. The Hall–Kier alpha value is -4.36. The lowest BCUT2D eigenvalue weighted by Crippen LogP contribution is -2.09. The summed E-state index contributed by atoms with van der Waals surface area (Å²) in [5.74, 6) is 1.90. The summed E-state index contributed by atoms with van der Waals surface area (Å²) >= 11 is 6.14. The van der Waals surface area contributed by atoms with Crippen molar-refractivity contribution in [2.24, 2.45) is 22.0 Å². The molecule has 0 aliphatic carbocycles. The number of rotatable bonds is 4. The van der Waals surface area contributed by atoms with Gasteiger partial charge in [0.1, 0.15) is 11.4 Å². The van der Waals surface area contributed by atoms with Crippen LogP contribution < -0.4 is 0 Å². The summed E-state index contributed by atoms with van der Waals surface area (Å²) < 4.78 is 3.66. The van der Waals surface area contributed by atoms with Gasteiger partial charge in [0.2, 0.25) is 0 Å². The summed E-state index contributed by atoms with van der Waals surface area (Å²) in [6.45, 7) is 4.01. The number of fused-ring (bicyclic) bond motifs is 1. The van der Waals surface area contributed by atoms with Crippen LogP contribution in [-0.2, 0) is 7.05 Å². The molecule has 176 valence electrons. The van der Waals surface area contributed by atoms with Crippen LogP contribution in [0.3, 0.4) is 0 Å². The second-order valence-corrected chi connectivity index (χ2v) is 9.13. The first-order chi connectivity index (χ1) is 17.5. The summed E-state index contributed by atoms with van der Waals surface area (Å²) in [6, 6.07) is 25.7. The van der Waals surface area contributed by atoms with Gasteiger partial charge in [0.05, 0.1) is 5.69 Å². The zero-order valence-corrected chi connectivity index (χ0v) is 20.8. The highest BCUT2D eigenvalue weighted by molar-refractivity contribution is 6.54. The molecule has 1 aliphatic rings. The lowest BCUT2D eigenvalue weighted by atomic mass is 10.1. The van der Waals surface area contributed by atoms with Crippen LogP contribution in [0.1, 0.15) is 22.4 Å². The van der Waals surface area contributed by atoms with Gasteiger partial charge in [0.25, 0.3) is 0 Å². The largest absolute Gasteiger partial charge is 0.247 e. The van der Waals surface area contributed by atoms with Gasteiger partial charge in [0, 0.05) is 28.8 Å². The van der Waals surface area contributed by atoms with Crippen LogP contribution in [0.2, 0.25) is 5.02 Å². The Bertz CT molecular complexity index is 1700. The SMILES string of the molecule is Cc1cccc(-c2nn(C)c3c(N=C4N=C(c5ccccc5)N=C4c4ccc(Cl)cc4)c(C)nn23)c1. The molecule has 0 saturated heterocycles. The first-order valence-electron chi connectivity index (χ1n) is 11.5. The summed E-state index contributed by atoms with van der Waals surface area (Å²) in [5.41, 5.74) is 6.93. The molecule has 0 fully saturated rings. The van der Waals surface area contributed by atoms with Crippen LogP contribution in [-0.4, -0.2) is 36.8 Å². The van der Waals surface area contributed by atoms with Crippen molar-refractivity contribution in [2.75, 3.05) is 0 Å². The zero-order valence-electron chi connectivity index (χ0n) is 20.0. The molecule has 8 heteroatoms. The van der Waals surface area contributed by atoms with Gasteiger partial charge in [-0.2, -0.15) is 14.7 Å². The van der Waals surface area contributed by atoms with Crippen molar-refractivity contribution in [1.29, 1.82) is 0 Å². The molecule has 0 amide bonds. The maximum absolute atomic E-state index is 6.14. The summed E-state index contributed by atoms with van der Waals surface area (Å²) in [7, 11) is 1.90. The third-order valence-electron chi connectivity index (χ3n) is 6.04. The fourth-order valence-corrected chi connectivity index (χ4v) is 4.43. The molecular weight excluding hydrogens is 470 g/mol. The van der Waals surface area contributed by atoms with Gasteiger partial charge in [0.15, 0.2) is 23.1 Å². The van der Waals surface area contributed by atoms with E-state index in [-0.39, 0.29) is 0 Å².